The fourth-order valence-corrected chi connectivity index (χ4v) is 3.73. The van der Waals surface area contributed by atoms with Gasteiger partial charge in [0.2, 0.25) is 5.91 Å². The Balaban J connectivity index is 1.94. The summed E-state index contributed by atoms with van der Waals surface area (Å²) in [6, 6.07) is 12.8. The molecular weight excluding hydrogens is 369 g/mol. The number of hydrogen-bond acceptors (Lipinski definition) is 3. The fraction of sp³-hybridized carbons (Fsp3) is 0.235. The molecule has 0 radical (unpaired) electrons. The van der Waals surface area contributed by atoms with Crippen molar-refractivity contribution in [1.82, 2.24) is 5.32 Å². The Morgan fingerprint density at radius 2 is 1.75 bits per heavy atom. The second-order valence-corrected chi connectivity index (χ2v) is 8.35. The van der Waals surface area contributed by atoms with E-state index in [0.29, 0.717) is 10.0 Å². The van der Waals surface area contributed by atoms with Crippen LogP contribution in [0.25, 0.3) is 0 Å². The van der Waals surface area contributed by atoms with E-state index in [1.54, 1.807) is 18.2 Å². The molecule has 1 atom stereocenters. The average Bonchev–Trinajstić information content (AvgIpc) is 2.53. The third kappa shape index (κ3) is 5.23. The van der Waals surface area contributed by atoms with Crippen molar-refractivity contribution in [3.63, 3.8) is 0 Å². The molecule has 0 aromatic heterocycles. The van der Waals surface area contributed by atoms with Gasteiger partial charge in [-0.3, -0.25) is 4.79 Å². The minimum atomic E-state index is -3.52. The molecule has 2 aromatic carbocycles. The summed E-state index contributed by atoms with van der Waals surface area (Å²) < 4.78 is 24.4. The highest BCUT2D eigenvalue weighted by atomic mass is 35.5. The van der Waals surface area contributed by atoms with E-state index in [2.05, 4.69) is 5.32 Å². The van der Waals surface area contributed by atoms with Crippen LogP contribution in [0.15, 0.2) is 53.4 Å². The van der Waals surface area contributed by atoms with Gasteiger partial charge in [0.1, 0.15) is 0 Å². The number of amides is 1. The van der Waals surface area contributed by atoms with Gasteiger partial charge in [0.25, 0.3) is 0 Å². The molecule has 2 aromatic rings. The number of halogens is 2. The van der Waals surface area contributed by atoms with E-state index in [4.69, 9.17) is 23.2 Å². The SMILES string of the molecule is C[C@H](NC(=O)CCS(=O)(=O)c1ccc(Cl)cc1)c1cccc(Cl)c1. The van der Waals surface area contributed by atoms with E-state index in [0.717, 1.165) is 5.56 Å². The van der Waals surface area contributed by atoms with E-state index < -0.39 is 9.84 Å². The largest absolute Gasteiger partial charge is 0.350 e. The molecule has 0 spiro atoms. The van der Waals surface area contributed by atoms with E-state index >= 15 is 0 Å². The van der Waals surface area contributed by atoms with Crippen molar-refractivity contribution in [2.24, 2.45) is 0 Å². The number of carbonyl (C=O) groups excluding carboxylic acids is 1. The van der Waals surface area contributed by atoms with Crippen LogP contribution in [-0.2, 0) is 14.6 Å². The van der Waals surface area contributed by atoms with Crippen molar-refractivity contribution in [1.29, 1.82) is 0 Å². The summed E-state index contributed by atoms with van der Waals surface area (Å²) in [5.41, 5.74) is 0.858. The summed E-state index contributed by atoms with van der Waals surface area (Å²) in [5.74, 6) is -0.594. The quantitative estimate of drug-likeness (QED) is 0.815. The molecule has 0 aliphatic heterocycles. The lowest BCUT2D eigenvalue weighted by Crippen LogP contribution is -2.28. The zero-order valence-corrected chi connectivity index (χ0v) is 15.3. The molecule has 7 heteroatoms. The first-order valence-electron chi connectivity index (χ1n) is 7.31. The Hall–Kier alpha value is -1.56. The lowest BCUT2D eigenvalue weighted by molar-refractivity contribution is -0.121. The second kappa shape index (κ2) is 8.01. The summed E-state index contributed by atoms with van der Waals surface area (Å²) in [7, 11) is -3.52. The molecule has 0 bridgehead atoms. The molecule has 2 rings (SSSR count). The maximum atomic E-state index is 12.2. The number of carbonyl (C=O) groups is 1. The average molecular weight is 386 g/mol. The molecule has 4 nitrogen and oxygen atoms in total. The lowest BCUT2D eigenvalue weighted by Gasteiger charge is -2.14. The zero-order valence-electron chi connectivity index (χ0n) is 13.0. The third-order valence-corrected chi connectivity index (χ3v) is 5.72. The Morgan fingerprint density at radius 3 is 2.38 bits per heavy atom. The number of sulfone groups is 1. The smallest absolute Gasteiger partial charge is 0.221 e. The van der Waals surface area contributed by atoms with Gasteiger partial charge in [-0.25, -0.2) is 8.42 Å². The molecule has 128 valence electrons. The van der Waals surface area contributed by atoms with Crippen LogP contribution in [0.1, 0.15) is 24.9 Å². The molecule has 24 heavy (non-hydrogen) atoms. The van der Waals surface area contributed by atoms with Crippen molar-refractivity contribution in [3.05, 3.63) is 64.1 Å². The van der Waals surface area contributed by atoms with Crippen LogP contribution in [0.4, 0.5) is 0 Å². The zero-order chi connectivity index (χ0) is 17.7. The highest BCUT2D eigenvalue weighted by molar-refractivity contribution is 7.91. The van der Waals surface area contributed by atoms with Crippen LogP contribution in [0, 0.1) is 0 Å². The predicted molar refractivity (Wildman–Crippen MR) is 96.1 cm³/mol. The van der Waals surface area contributed by atoms with Gasteiger partial charge in [-0.15, -0.1) is 0 Å². The van der Waals surface area contributed by atoms with Crippen molar-refractivity contribution < 1.29 is 13.2 Å². The van der Waals surface area contributed by atoms with Crippen molar-refractivity contribution >= 4 is 38.9 Å². The summed E-state index contributed by atoms with van der Waals surface area (Å²) in [6.45, 7) is 1.82. The van der Waals surface area contributed by atoms with E-state index in [1.165, 1.54) is 24.3 Å². The monoisotopic (exact) mass is 385 g/mol. The summed E-state index contributed by atoms with van der Waals surface area (Å²) in [4.78, 5) is 12.2. The van der Waals surface area contributed by atoms with Gasteiger partial charge in [0.05, 0.1) is 16.7 Å². The first-order chi connectivity index (χ1) is 11.3. The topological polar surface area (TPSA) is 63.2 Å². The minimum Gasteiger partial charge on any atom is -0.350 e. The predicted octanol–water partition coefficient (Wildman–Crippen LogP) is 4.03. The van der Waals surface area contributed by atoms with Crippen LogP contribution >= 0.6 is 23.2 Å². The summed E-state index contributed by atoms with van der Waals surface area (Å²) in [5, 5.41) is 3.82. The Labute approximate surface area is 151 Å². The Morgan fingerprint density at radius 1 is 1.08 bits per heavy atom. The van der Waals surface area contributed by atoms with E-state index in [-0.39, 0.29) is 29.0 Å². The molecular formula is C17H17Cl2NO3S. The minimum absolute atomic E-state index is 0.115. The highest BCUT2D eigenvalue weighted by Crippen LogP contribution is 2.18. The normalized spacial score (nSPS) is 12.6. The standard InChI is InChI=1S/C17H17Cl2NO3S/c1-12(13-3-2-4-15(19)11-13)20-17(21)9-10-24(22,23)16-7-5-14(18)6-8-16/h2-8,11-12H,9-10H2,1H3,(H,20,21)/t12-/m0/s1. The van der Waals surface area contributed by atoms with E-state index in [1.807, 2.05) is 13.0 Å². The van der Waals surface area contributed by atoms with Gasteiger partial charge >= 0.3 is 0 Å². The van der Waals surface area contributed by atoms with Crippen molar-refractivity contribution in [3.8, 4) is 0 Å². The van der Waals surface area contributed by atoms with Gasteiger partial charge < -0.3 is 5.32 Å². The molecule has 0 aliphatic carbocycles. The molecule has 0 saturated heterocycles. The number of nitrogens with one attached hydrogen (secondary N) is 1. The summed E-state index contributed by atoms with van der Waals surface area (Å²) >= 11 is 11.7. The third-order valence-electron chi connectivity index (χ3n) is 3.50. The van der Waals surface area contributed by atoms with Crippen LogP contribution in [0.3, 0.4) is 0 Å². The van der Waals surface area contributed by atoms with Crippen LogP contribution < -0.4 is 5.32 Å². The number of hydrogen-bond donors (Lipinski definition) is 1. The molecule has 1 amide bonds. The maximum Gasteiger partial charge on any atom is 0.221 e. The first kappa shape index (κ1) is 18.8. The Kier molecular flexibility index (Phi) is 6.27. The number of benzene rings is 2. The lowest BCUT2D eigenvalue weighted by atomic mass is 10.1. The van der Waals surface area contributed by atoms with Crippen LogP contribution in [-0.4, -0.2) is 20.1 Å². The van der Waals surface area contributed by atoms with E-state index in [9.17, 15) is 13.2 Å². The number of rotatable bonds is 6. The first-order valence-corrected chi connectivity index (χ1v) is 9.72. The maximum absolute atomic E-state index is 12.2. The van der Waals surface area contributed by atoms with Crippen molar-refractivity contribution in [2.75, 3.05) is 5.75 Å². The van der Waals surface area contributed by atoms with Gasteiger partial charge in [-0.2, -0.15) is 0 Å². The molecule has 0 fully saturated rings. The van der Waals surface area contributed by atoms with Crippen molar-refractivity contribution in [2.45, 2.75) is 24.3 Å². The molecule has 0 heterocycles. The Bertz CT molecular complexity index is 820. The van der Waals surface area contributed by atoms with Crippen LogP contribution in [0.2, 0.25) is 10.0 Å². The second-order valence-electron chi connectivity index (χ2n) is 5.37. The molecule has 0 unspecified atom stereocenters. The molecule has 1 N–H and O–H groups in total. The van der Waals surface area contributed by atoms with Gasteiger partial charge in [0, 0.05) is 16.5 Å². The highest BCUT2D eigenvalue weighted by Gasteiger charge is 2.17. The fourth-order valence-electron chi connectivity index (χ4n) is 2.16. The molecule has 0 saturated carbocycles. The van der Waals surface area contributed by atoms with Crippen LogP contribution in [0.5, 0.6) is 0 Å². The molecule has 0 aliphatic rings. The van der Waals surface area contributed by atoms with Gasteiger partial charge in [-0.05, 0) is 48.9 Å². The summed E-state index contributed by atoms with van der Waals surface area (Å²) in [6.07, 6.45) is -0.115. The van der Waals surface area contributed by atoms with Gasteiger partial charge in [0.15, 0.2) is 9.84 Å². The van der Waals surface area contributed by atoms with Gasteiger partial charge in [-0.1, -0.05) is 35.3 Å².